The smallest absolute Gasteiger partial charge is 0.394 e. The molecule has 0 saturated carbocycles. The standard InChI is InChI=1S/CH5N.10CH4.N2.6HNO3.H2O6.H2O4S.H2O4.2O2.3H2O/c1-2;;;;;;;;;;;1-2;6*2-1(3)4;1-3-5-6-4-2;1-5(2,3)4;1-3-4-2;2*1-2;;;/h2H2,1H3;10*1H4;;6*(H,2,3,4);1-2H;(H2,1,2,3,4);1-2H;;;3*1H2. The van der Waals surface area contributed by atoms with Crippen LogP contribution >= 0.6 is 0 Å². The van der Waals surface area contributed by atoms with Crippen LogP contribution in [0.4, 0.5) is 0 Å². The highest BCUT2D eigenvalue weighted by Crippen LogP contribution is 1.72. The van der Waals surface area contributed by atoms with Crippen LogP contribution in [0.25, 0.3) is 0 Å². The first kappa shape index (κ1) is 196. The second-order valence-electron chi connectivity index (χ2n) is 2.31. The highest BCUT2D eigenvalue weighted by Gasteiger charge is 1.84. The zero-order valence-corrected chi connectivity index (χ0v) is 23.0. The van der Waals surface area contributed by atoms with Crippen LogP contribution in [-0.2, 0) is 40.6 Å². The largest absolute Gasteiger partial charge is 0.412 e. The highest BCUT2D eigenvalue weighted by molar-refractivity contribution is 7.79. The fourth-order valence-corrected chi connectivity index (χ4v) is 0.0248. The van der Waals surface area contributed by atoms with Crippen molar-refractivity contribution in [3.05, 3.63) is 80.5 Å². The van der Waals surface area contributed by atoms with Gasteiger partial charge in [0.25, 0.3) is 30.5 Å². The Balaban J connectivity index is -0.00000000863. The molecule has 0 spiro atoms. The Morgan fingerprint density at radius 1 is 0.400 bits per heavy atom. The van der Waals surface area contributed by atoms with Gasteiger partial charge in [-0.1, -0.05) is 74.3 Å². The van der Waals surface area contributed by atoms with Crippen molar-refractivity contribution in [3.63, 3.8) is 0 Å². The maximum Gasteiger partial charge on any atom is 0.394 e. The molecule has 0 aliphatic heterocycles. The Morgan fingerprint density at radius 3 is 0.467 bits per heavy atom. The van der Waals surface area contributed by atoms with Gasteiger partial charge in [-0.15, -0.1) is 60.7 Å². The van der Waals surface area contributed by atoms with Crippen molar-refractivity contribution in [1.82, 2.24) is 0 Å². The lowest BCUT2D eigenvalue weighted by molar-refractivity contribution is -0.749. The quantitative estimate of drug-likeness (QED) is 0.0456. The Kier molecular flexibility index (Phi) is 833. The molecule has 0 unspecified atom stereocenters. The van der Waals surface area contributed by atoms with Crippen LogP contribution in [0, 0.1) is 91.3 Å². The summed E-state index contributed by atoms with van der Waals surface area (Å²) in [7, 11) is -3.17. The summed E-state index contributed by atoms with van der Waals surface area (Å²) in [4.78, 5) is 78.2. The van der Waals surface area contributed by atoms with E-state index in [1.807, 2.05) is 0 Å². The third-order valence-electron chi connectivity index (χ3n) is 0.122. The molecule has 0 heterocycles. The van der Waals surface area contributed by atoms with Gasteiger partial charge in [0.15, 0.2) is 0 Å². The number of nitrogens with two attached hydrogens (primary N) is 1. The Morgan fingerprint density at radius 2 is 0.450 bits per heavy atom. The van der Waals surface area contributed by atoms with Crippen molar-refractivity contribution in [2.45, 2.75) is 74.3 Å². The van der Waals surface area contributed by atoms with E-state index in [-0.39, 0.29) is 90.7 Å². The molecule has 0 bridgehead atoms. The van der Waals surface area contributed by atoms with E-state index in [0.29, 0.717) is 0 Å². The maximum atomic E-state index is 8.74. The van der Waals surface area contributed by atoms with E-state index in [2.05, 4.69) is 36.0 Å². The van der Waals surface area contributed by atoms with Gasteiger partial charge in [0.2, 0.25) is 0 Å². The van der Waals surface area contributed by atoms with Crippen LogP contribution in [0.2, 0.25) is 0 Å². The molecule has 0 aromatic heterocycles. The summed E-state index contributed by atoms with van der Waals surface area (Å²) in [5.41, 5.74) is 4.50. The summed E-state index contributed by atoms with van der Waals surface area (Å²) in [5, 5.41) is 139. The van der Waals surface area contributed by atoms with Crippen LogP contribution in [0.1, 0.15) is 74.3 Å². The van der Waals surface area contributed by atoms with Crippen molar-refractivity contribution in [2.75, 3.05) is 7.05 Å². The molecule has 0 saturated heterocycles. The summed E-state index contributed by atoms with van der Waals surface area (Å²) in [6.07, 6.45) is 0. The van der Waals surface area contributed by atoms with Gasteiger partial charge in [0, 0.05) is 30.6 Å². The number of hydrogen-bond donors (Lipinski definition) is 13. The molecule has 0 aromatic rings. The second kappa shape index (κ2) is 255. The summed E-state index contributed by atoms with van der Waals surface area (Å²) in [5.74, 6) is 0. The minimum absolute atomic E-state index is 0. The molecule has 0 atom stereocenters. The van der Waals surface area contributed by atoms with Crippen molar-refractivity contribution >= 4 is 10.4 Å². The lowest BCUT2D eigenvalue weighted by atomic mass is 11.6. The molecule has 48 nitrogen and oxygen atoms in total. The SMILES string of the molecule is C.C.C.C.C.C.C.C.C.C.CN.N#N.O.O.O.O=O.O=O.O=S(=O)(O)O.O=[N+]([O-])O.O=[N+]([O-])O.O=[N+]([O-])O.O=[N+]([O-])O.O=[N+]([O-])O.O=[N+]([O-])O.OOOO.OOOOOO. The molecule has 392 valence electrons. The van der Waals surface area contributed by atoms with Gasteiger partial charge in [-0.2, -0.15) is 8.42 Å². The van der Waals surface area contributed by atoms with Gasteiger partial charge in [-0.25, -0.2) is 21.0 Å². The molecule has 0 fully saturated rings. The van der Waals surface area contributed by atoms with Crippen LogP contribution in [0.3, 0.4) is 0 Å². The van der Waals surface area contributed by atoms with Crippen LogP contribution in [0.15, 0.2) is 0 Å². The summed E-state index contributed by atoms with van der Waals surface area (Å²) >= 11 is 0. The minimum atomic E-state index is -4.67. The lowest BCUT2D eigenvalue weighted by Gasteiger charge is -1.84. The van der Waals surface area contributed by atoms with E-state index in [0.717, 1.165) is 0 Å². The average molecular weight is 978 g/mol. The number of hydrogen-bond acceptors (Lipinski definition) is 31. The van der Waals surface area contributed by atoms with Crippen LogP contribution < -0.4 is 5.73 Å². The van der Waals surface area contributed by atoms with E-state index < -0.39 is 40.9 Å². The first-order chi connectivity index (χ1) is 21.2. The summed E-state index contributed by atoms with van der Waals surface area (Å²) in [6.45, 7) is 0. The summed E-state index contributed by atoms with van der Waals surface area (Å²) in [6, 6.07) is 0. The number of nitrogens with zero attached hydrogens (tertiary/aromatic N) is 8. The molecule has 0 aliphatic carbocycles. The third-order valence-corrected chi connectivity index (χ3v) is 0.122. The normalized spacial score (nSPS) is 5.03. The molecule has 0 aromatic carbocycles. The predicted octanol–water partition coefficient (Wildman–Crippen LogP) is 0.511. The molecule has 0 aliphatic rings. The Labute approximate surface area is 336 Å². The van der Waals surface area contributed by atoms with E-state index in [1.165, 1.54) is 7.05 Å². The first-order valence-electron chi connectivity index (χ1n) is 6.60. The first-order valence-corrected chi connectivity index (χ1v) is 7.99. The molecule has 0 rings (SSSR count). The van der Waals surface area contributed by atoms with Gasteiger partial charge in [0.05, 0.1) is 0 Å². The molecular formula is C11H63N9O39S. The monoisotopic (exact) mass is 977 g/mol. The van der Waals surface area contributed by atoms with E-state index in [1.54, 1.807) is 0 Å². The van der Waals surface area contributed by atoms with Crippen molar-refractivity contribution in [3.8, 4) is 0 Å². The topological polar surface area (TPSA) is 828 Å². The van der Waals surface area contributed by atoms with Gasteiger partial charge < -0.3 is 53.4 Å². The van der Waals surface area contributed by atoms with Gasteiger partial charge in [-0.05, 0) is 37.3 Å². The molecule has 20 N–H and O–H groups in total. The van der Waals surface area contributed by atoms with Crippen LogP contribution in [0.5, 0.6) is 0 Å². The zero-order chi connectivity index (χ0) is 42.2. The van der Waals surface area contributed by atoms with E-state index in [4.69, 9.17) is 161 Å². The molecule has 49 heteroatoms. The molecule has 0 radical (unpaired) electrons. The average Bonchev–Trinajstić information content (AvgIpc) is 2.89. The zero-order valence-electron chi connectivity index (χ0n) is 22.2. The number of rotatable bonds is 4. The van der Waals surface area contributed by atoms with E-state index in [9.17, 15) is 0 Å². The Bertz CT molecular complexity index is 632. The third kappa shape index (κ3) is 15600. The van der Waals surface area contributed by atoms with Gasteiger partial charge in [0.1, 0.15) is 0 Å². The van der Waals surface area contributed by atoms with Crippen molar-refractivity contribution in [1.29, 1.82) is 10.8 Å². The fraction of sp³-hybridized carbons (Fsp3) is 1.00. The predicted molar refractivity (Wildman–Crippen MR) is 189 cm³/mol. The highest BCUT2D eigenvalue weighted by atomic mass is 32.3. The second-order valence-corrected chi connectivity index (χ2v) is 3.20. The van der Waals surface area contributed by atoms with Gasteiger partial charge >= 0.3 is 10.4 Å². The van der Waals surface area contributed by atoms with Crippen LogP contribution in [-0.4, -0.2) is 124 Å². The lowest BCUT2D eigenvalue weighted by Crippen LogP contribution is -1.90. The van der Waals surface area contributed by atoms with E-state index >= 15 is 0 Å². The molecule has 0 amide bonds. The van der Waals surface area contributed by atoms with Crippen molar-refractivity contribution in [2.24, 2.45) is 5.73 Å². The Hall–Kier alpha value is -6.87. The fourth-order valence-electron chi connectivity index (χ4n) is 0.0248. The molecule has 60 heavy (non-hydrogen) atoms. The molecular weight excluding hydrogens is 914 g/mol. The van der Waals surface area contributed by atoms with Gasteiger partial charge in [-0.3, -0.25) is 9.11 Å². The maximum absolute atomic E-state index is 8.74. The van der Waals surface area contributed by atoms with Crippen molar-refractivity contribution < 1.29 is 147 Å². The summed E-state index contributed by atoms with van der Waals surface area (Å²) < 4.78 is 31.6. The minimum Gasteiger partial charge on any atom is -0.412 e.